The van der Waals surface area contributed by atoms with Crippen LogP contribution in [0.25, 0.3) is 0 Å². The topological polar surface area (TPSA) is 17.8 Å². The Hall–Kier alpha value is -0.380. The predicted octanol–water partition coefficient (Wildman–Crippen LogP) is 1.18. The third kappa shape index (κ3) is 0.991. The van der Waals surface area contributed by atoms with Crippen molar-refractivity contribution < 1.29 is 4.39 Å². The third-order valence-corrected chi connectivity index (χ3v) is 0.921. The van der Waals surface area contributed by atoms with Gasteiger partial charge in [0.1, 0.15) is 0 Å². The number of hydrogen-bond donors (Lipinski definition) is 0. The Kier molecular flexibility index (Phi) is 1.10. The summed E-state index contributed by atoms with van der Waals surface area (Å²) in [5, 5.41) is 3.28. The van der Waals surface area contributed by atoms with Gasteiger partial charge in [-0.15, -0.1) is 5.10 Å². The Bertz CT molecular complexity index is 145. The van der Waals surface area contributed by atoms with Gasteiger partial charge in [0.2, 0.25) is 5.95 Å². The van der Waals surface area contributed by atoms with Gasteiger partial charge in [0.05, 0.1) is 16.1 Å². The maximum Gasteiger partial charge on any atom is 0.233 e. The van der Waals surface area contributed by atoms with Crippen LogP contribution in [-0.2, 0) is 0 Å². The van der Waals surface area contributed by atoms with E-state index in [1.807, 2.05) is 0 Å². The molecule has 0 bridgehead atoms. The molecule has 0 aliphatic heterocycles. The first-order valence-corrected chi connectivity index (χ1v) is 2.37. The van der Waals surface area contributed by atoms with E-state index in [4.69, 9.17) is 0 Å². The van der Waals surface area contributed by atoms with Crippen molar-refractivity contribution in [1.29, 1.82) is 0 Å². The second-order valence-corrected chi connectivity index (χ2v) is 1.75. The summed E-state index contributed by atoms with van der Waals surface area (Å²) in [6.07, 6.45) is 1.47. The lowest BCUT2D eigenvalue weighted by Gasteiger charge is -1.73. The van der Waals surface area contributed by atoms with Crippen molar-refractivity contribution >= 4 is 16.1 Å². The summed E-state index contributed by atoms with van der Waals surface area (Å²) in [7, 11) is 0. The number of halogens is 2. The monoisotopic (exact) mass is 164 g/mol. The standard InChI is InChI=1S/C3H2BrFN2/c4-7-2-1-3(5)6-7/h1-2H. The van der Waals surface area contributed by atoms with Crippen LogP contribution < -0.4 is 0 Å². The molecular weight excluding hydrogens is 163 g/mol. The highest BCUT2D eigenvalue weighted by Crippen LogP contribution is 1.93. The highest BCUT2D eigenvalue weighted by atomic mass is 79.9. The fraction of sp³-hybridized carbons (Fsp3) is 0. The molecule has 0 atom stereocenters. The third-order valence-electron chi connectivity index (χ3n) is 0.526. The molecule has 0 N–H and O–H groups in total. The molecule has 38 valence electrons. The maximum absolute atomic E-state index is 11.8. The van der Waals surface area contributed by atoms with Crippen molar-refractivity contribution in [3.63, 3.8) is 0 Å². The molecule has 0 saturated heterocycles. The van der Waals surface area contributed by atoms with E-state index in [0.29, 0.717) is 0 Å². The first-order chi connectivity index (χ1) is 3.29. The highest BCUT2D eigenvalue weighted by molar-refractivity contribution is 9.08. The zero-order chi connectivity index (χ0) is 5.28. The summed E-state index contributed by atoms with van der Waals surface area (Å²) in [4.78, 5) is 0. The van der Waals surface area contributed by atoms with E-state index in [9.17, 15) is 4.39 Å². The van der Waals surface area contributed by atoms with E-state index < -0.39 is 5.95 Å². The van der Waals surface area contributed by atoms with Crippen LogP contribution in [0.3, 0.4) is 0 Å². The van der Waals surface area contributed by atoms with Crippen LogP contribution in [-0.4, -0.2) is 8.81 Å². The summed E-state index contributed by atoms with van der Waals surface area (Å²) in [6, 6.07) is 1.26. The lowest BCUT2D eigenvalue weighted by atomic mass is 10.7. The first kappa shape index (κ1) is 4.77. The predicted molar refractivity (Wildman–Crippen MR) is 26.5 cm³/mol. The minimum Gasteiger partial charge on any atom is -0.202 e. The molecule has 2 nitrogen and oxygen atoms in total. The summed E-state index contributed by atoms with van der Waals surface area (Å²) < 4.78 is 13.0. The van der Waals surface area contributed by atoms with Crippen LogP contribution in [0.2, 0.25) is 0 Å². The van der Waals surface area contributed by atoms with E-state index in [2.05, 4.69) is 21.2 Å². The Labute approximate surface area is 48.3 Å². The lowest BCUT2D eigenvalue weighted by Crippen LogP contribution is -1.77. The van der Waals surface area contributed by atoms with Gasteiger partial charge in [-0.25, -0.2) is 3.71 Å². The zero-order valence-electron chi connectivity index (χ0n) is 3.31. The molecule has 0 aliphatic rings. The highest BCUT2D eigenvalue weighted by Gasteiger charge is 1.88. The number of rotatable bonds is 0. The number of hydrogen-bond acceptors (Lipinski definition) is 1. The minimum atomic E-state index is -0.475. The Morgan fingerprint density at radius 1 is 1.86 bits per heavy atom. The van der Waals surface area contributed by atoms with Crippen LogP contribution in [0.5, 0.6) is 0 Å². The summed E-state index contributed by atoms with van der Waals surface area (Å²) in [6.45, 7) is 0. The van der Waals surface area contributed by atoms with Crippen LogP contribution in [0.4, 0.5) is 4.39 Å². The lowest BCUT2D eigenvalue weighted by molar-refractivity contribution is 0.576. The van der Waals surface area contributed by atoms with Crippen molar-refractivity contribution in [3.8, 4) is 0 Å². The van der Waals surface area contributed by atoms with Gasteiger partial charge in [-0.2, -0.15) is 4.39 Å². The van der Waals surface area contributed by atoms with Crippen LogP contribution >= 0.6 is 16.1 Å². The molecular formula is C3H2BrFN2. The average molecular weight is 165 g/mol. The normalized spacial score (nSPS) is 9.43. The first-order valence-electron chi connectivity index (χ1n) is 1.66. The van der Waals surface area contributed by atoms with E-state index in [0.717, 1.165) is 0 Å². The van der Waals surface area contributed by atoms with Gasteiger partial charge in [0.25, 0.3) is 0 Å². The molecule has 1 aromatic rings. The molecule has 0 spiro atoms. The van der Waals surface area contributed by atoms with Crippen molar-refractivity contribution in [2.75, 3.05) is 0 Å². The Morgan fingerprint density at radius 2 is 2.57 bits per heavy atom. The fourth-order valence-electron chi connectivity index (χ4n) is 0.281. The maximum atomic E-state index is 11.8. The molecule has 0 aliphatic carbocycles. The van der Waals surface area contributed by atoms with Crippen molar-refractivity contribution in [3.05, 3.63) is 18.2 Å². The van der Waals surface area contributed by atoms with Gasteiger partial charge in [-0.1, -0.05) is 0 Å². The Balaban J connectivity index is 3.04. The van der Waals surface area contributed by atoms with Gasteiger partial charge in [-0.05, 0) is 0 Å². The average Bonchev–Trinajstić information content (AvgIpc) is 1.87. The number of nitrogens with zero attached hydrogens (tertiary/aromatic N) is 2. The van der Waals surface area contributed by atoms with Gasteiger partial charge in [0, 0.05) is 12.3 Å². The second-order valence-electron chi connectivity index (χ2n) is 1.03. The molecule has 7 heavy (non-hydrogen) atoms. The molecule has 1 rings (SSSR count). The summed E-state index contributed by atoms with van der Waals surface area (Å²) in [5.41, 5.74) is 0. The van der Waals surface area contributed by atoms with Crippen LogP contribution in [0.1, 0.15) is 0 Å². The van der Waals surface area contributed by atoms with E-state index in [1.54, 1.807) is 0 Å². The molecule has 0 aromatic carbocycles. The number of aromatic nitrogens is 2. The molecule has 0 radical (unpaired) electrons. The van der Waals surface area contributed by atoms with Crippen LogP contribution in [0, 0.1) is 5.95 Å². The fourth-order valence-corrected chi connectivity index (χ4v) is 0.551. The molecule has 0 amide bonds. The van der Waals surface area contributed by atoms with Crippen molar-refractivity contribution in [2.45, 2.75) is 0 Å². The van der Waals surface area contributed by atoms with Gasteiger partial charge in [0.15, 0.2) is 0 Å². The SMILES string of the molecule is Fc1ccn(Br)n1. The van der Waals surface area contributed by atoms with E-state index >= 15 is 0 Å². The summed E-state index contributed by atoms with van der Waals surface area (Å²) >= 11 is 2.90. The van der Waals surface area contributed by atoms with Gasteiger partial charge < -0.3 is 0 Å². The van der Waals surface area contributed by atoms with Gasteiger partial charge in [-0.3, -0.25) is 0 Å². The summed E-state index contributed by atoms with van der Waals surface area (Å²) in [5.74, 6) is -0.475. The Morgan fingerprint density at radius 3 is 2.71 bits per heavy atom. The van der Waals surface area contributed by atoms with Crippen molar-refractivity contribution in [2.24, 2.45) is 0 Å². The molecule has 4 heteroatoms. The van der Waals surface area contributed by atoms with E-state index in [1.165, 1.54) is 16.0 Å². The smallest absolute Gasteiger partial charge is 0.202 e. The quantitative estimate of drug-likeness (QED) is 0.564. The zero-order valence-corrected chi connectivity index (χ0v) is 4.89. The largest absolute Gasteiger partial charge is 0.233 e. The molecule has 0 saturated carbocycles. The minimum absolute atomic E-state index is 0.475. The molecule has 1 aromatic heterocycles. The molecule has 0 fully saturated rings. The van der Waals surface area contributed by atoms with Gasteiger partial charge >= 0.3 is 0 Å². The molecule has 1 heterocycles. The second kappa shape index (κ2) is 1.61. The van der Waals surface area contributed by atoms with Crippen LogP contribution in [0.15, 0.2) is 12.3 Å². The van der Waals surface area contributed by atoms with E-state index in [-0.39, 0.29) is 0 Å². The molecule has 0 unspecified atom stereocenters. The van der Waals surface area contributed by atoms with Crippen molar-refractivity contribution in [1.82, 2.24) is 8.81 Å².